The average molecular weight is 521 g/mol. The number of anilines is 2. The molecule has 2 N–H and O–H groups in total. The molecule has 0 radical (unpaired) electrons. The lowest BCUT2D eigenvalue weighted by atomic mass is 10.1. The second kappa shape index (κ2) is 10.1. The molecule has 1 aliphatic heterocycles. The second-order valence-corrected chi connectivity index (χ2v) is 8.46. The number of nitrogen functional groups attached to an aromatic ring is 1. The summed E-state index contributed by atoms with van der Waals surface area (Å²) in [7, 11) is 3.04. The van der Waals surface area contributed by atoms with Crippen molar-refractivity contribution in [2.24, 2.45) is 0 Å². The van der Waals surface area contributed by atoms with Crippen LogP contribution in [0.2, 0.25) is 0 Å². The van der Waals surface area contributed by atoms with Gasteiger partial charge in [-0.05, 0) is 31.2 Å². The molecule has 0 spiro atoms. The molecule has 1 atom stereocenters. The Labute approximate surface area is 209 Å². The van der Waals surface area contributed by atoms with Crippen LogP contribution in [0.15, 0.2) is 30.5 Å². The molecule has 1 unspecified atom stereocenters. The molecule has 1 aliphatic rings. The second-order valence-electron chi connectivity index (χ2n) is 8.46. The van der Waals surface area contributed by atoms with E-state index < -0.39 is 40.9 Å². The molecule has 4 rings (SSSR count). The van der Waals surface area contributed by atoms with E-state index in [2.05, 4.69) is 19.9 Å². The van der Waals surface area contributed by atoms with Crippen LogP contribution in [0.1, 0.15) is 22.8 Å². The number of pyridine rings is 1. The first-order valence-electron chi connectivity index (χ1n) is 11.1. The molecule has 0 saturated carbocycles. The molecule has 196 valence electrons. The van der Waals surface area contributed by atoms with E-state index in [-0.39, 0.29) is 29.1 Å². The summed E-state index contributed by atoms with van der Waals surface area (Å²) in [5, 5.41) is 0. The molecule has 3 heterocycles. The molecule has 1 aromatic carbocycles. The van der Waals surface area contributed by atoms with Crippen LogP contribution in [0.4, 0.5) is 29.3 Å². The van der Waals surface area contributed by atoms with Crippen molar-refractivity contribution in [3.8, 4) is 23.1 Å². The van der Waals surface area contributed by atoms with Gasteiger partial charge < -0.3 is 25.0 Å². The molecular weight excluding hydrogens is 498 g/mol. The number of benzene rings is 1. The van der Waals surface area contributed by atoms with E-state index in [4.69, 9.17) is 15.2 Å². The first-order chi connectivity index (χ1) is 17.4. The Kier molecular flexibility index (Phi) is 7.12. The number of carbonyl (C=O) groups is 1. The Balaban J connectivity index is 1.80. The van der Waals surface area contributed by atoms with Crippen molar-refractivity contribution in [2.75, 3.05) is 44.5 Å². The Morgan fingerprint density at radius 2 is 1.97 bits per heavy atom. The number of amides is 1. The molecular formula is C23H23F4N7O3. The molecule has 37 heavy (non-hydrogen) atoms. The van der Waals surface area contributed by atoms with Crippen molar-refractivity contribution < 1.29 is 31.8 Å². The highest BCUT2D eigenvalue weighted by atomic mass is 19.4. The number of nitrogens with zero attached hydrogens (tertiary/aromatic N) is 6. The van der Waals surface area contributed by atoms with E-state index in [0.717, 1.165) is 12.3 Å². The smallest absolute Gasteiger partial charge is 0.417 e. The van der Waals surface area contributed by atoms with Gasteiger partial charge in [0.15, 0.2) is 17.4 Å². The number of hydrogen-bond donors (Lipinski definition) is 1. The zero-order valence-corrected chi connectivity index (χ0v) is 20.1. The number of halogens is 4. The van der Waals surface area contributed by atoms with Crippen LogP contribution in [0, 0.1) is 5.82 Å². The van der Waals surface area contributed by atoms with Gasteiger partial charge in [0, 0.05) is 32.4 Å². The van der Waals surface area contributed by atoms with E-state index in [1.54, 1.807) is 4.90 Å². The van der Waals surface area contributed by atoms with Gasteiger partial charge in [0.1, 0.15) is 5.82 Å². The van der Waals surface area contributed by atoms with Crippen molar-refractivity contribution >= 4 is 17.7 Å². The summed E-state index contributed by atoms with van der Waals surface area (Å²) in [6.07, 6.45) is -3.88. The highest BCUT2D eigenvalue weighted by molar-refractivity contribution is 5.94. The summed E-state index contributed by atoms with van der Waals surface area (Å²) >= 11 is 0. The van der Waals surface area contributed by atoms with Crippen molar-refractivity contribution in [3.63, 3.8) is 0 Å². The summed E-state index contributed by atoms with van der Waals surface area (Å²) in [5.41, 5.74) is 4.01. The topological polar surface area (TPSA) is 120 Å². The monoisotopic (exact) mass is 521 g/mol. The van der Waals surface area contributed by atoms with Crippen LogP contribution in [0.5, 0.6) is 11.8 Å². The largest absolute Gasteiger partial charge is 0.421 e. The van der Waals surface area contributed by atoms with E-state index in [0.29, 0.717) is 25.8 Å². The van der Waals surface area contributed by atoms with Gasteiger partial charge in [0.2, 0.25) is 5.95 Å². The first-order valence-corrected chi connectivity index (χ1v) is 11.1. The molecule has 0 aliphatic carbocycles. The number of nitrogens with two attached hydrogens (primary N) is 1. The minimum absolute atomic E-state index is 0.0144. The fourth-order valence-electron chi connectivity index (χ4n) is 3.62. The lowest BCUT2D eigenvalue weighted by Gasteiger charge is -2.33. The van der Waals surface area contributed by atoms with Gasteiger partial charge >= 0.3 is 12.2 Å². The van der Waals surface area contributed by atoms with Gasteiger partial charge in [0.25, 0.3) is 5.91 Å². The summed E-state index contributed by atoms with van der Waals surface area (Å²) < 4.78 is 67.1. The normalized spacial score (nSPS) is 16.0. The van der Waals surface area contributed by atoms with Gasteiger partial charge in [-0.15, -0.1) is 0 Å². The van der Waals surface area contributed by atoms with Crippen molar-refractivity contribution in [2.45, 2.75) is 19.1 Å². The third-order valence-electron chi connectivity index (χ3n) is 5.49. The zero-order chi connectivity index (χ0) is 26.9. The lowest BCUT2D eigenvalue weighted by Crippen LogP contribution is -2.44. The van der Waals surface area contributed by atoms with Crippen LogP contribution in [0.25, 0.3) is 11.4 Å². The number of morpholine rings is 1. The fraction of sp³-hybridized carbons (Fsp3) is 0.348. The minimum Gasteiger partial charge on any atom is -0.421 e. The van der Waals surface area contributed by atoms with E-state index in [1.807, 2.05) is 6.92 Å². The predicted molar refractivity (Wildman–Crippen MR) is 125 cm³/mol. The fourth-order valence-corrected chi connectivity index (χ4v) is 3.62. The maximum Gasteiger partial charge on any atom is 0.417 e. The first kappa shape index (κ1) is 26.0. The number of alkyl halides is 3. The molecule has 1 fully saturated rings. The Morgan fingerprint density at radius 3 is 2.62 bits per heavy atom. The van der Waals surface area contributed by atoms with E-state index in [1.165, 1.54) is 31.1 Å². The van der Waals surface area contributed by atoms with Gasteiger partial charge in [-0.25, -0.2) is 9.37 Å². The Morgan fingerprint density at radius 1 is 1.22 bits per heavy atom. The number of rotatable bonds is 5. The average Bonchev–Trinajstić information content (AvgIpc) is 2.84. The van der Waals surface area contributed by atoms with Gasteiger partial charge in [-0.2, -0.15) is 28.1 Å². The maximum atomic E-state index is 14.8. The minimum atomic E-state index is -4.78. The summed E-state index contributed by atoms with van der Waals surface area (Å²) in [5.74, 6) is -2.36. The highest BCUT2D eigenvalue weighted by Gasteiger charge is 2.36. The molecule has 2 aromatic heterocycles. The maximum absolute atomic E-state index is 14.8. The summed E-state index contributed by atoms with van der Waals surface area (Å²) in [6, 6.07) is 3.55. The van der Waals surface area contributed by atoms with Crippen molar-refractivity contribution in [3.05, 3.63) is 47.4 Å². The summed E-state index contributed by atoms with van der Waals surface area (Å²) in [6.45, 7) is 2.86. The van der Waals surface area contributed by atoms with Crippen molar-refractivity contribution in [1.29, 1.82) is 0 Å². The third-order valence-corrected chi connectivity index (χ3v) is 5.49. The SMILES string of the molecule is CC1COCCN1c1nc(Oc2ccc(C(=O)N(C)C)cc2F)nc(-c2cnc(N)cc2C(F)(F)F)n1. The molecule has 0 bridgehead atoms. The van der Waals surface area contributed by atoms with E-state index in [9.17, 15) is 22.4 Å². The Bertz CT molecular complexity index is 1320. The quantitative estimate of drug-likeness (QED) is 0.504. The highest BCUT2D eigenvalue weighted by Crippen LogP contribution is 2.37. The van der Waals surface area contributed by atoms with Gasteiger partial charge in [-0.1, -0.05) is 0 Å². The van der Waals surface area contributed by atoms with Crippen LogP contribution in [-0.2, 0) is 10.9 Å². The molecule has 1 saturated heterocycles. The van der Waals surface area contributed by atoms with E-state index >= 15 is 0 Å². The number of carbonyl (C=O) groups excluding carboxylic acids is 1. The van der Waals surface area contributed by atoms with Crippen LogP contribution in [0.3, 0.4) is 0 Å². The Hall–Kier alpha value is -4.07. The molecule has 10 nitrogen and oxygen atoms in total. The third kappa shape index (κ3) is 5.69. The zero-order valence-electron chi connectivity index (χ0n) is 20.1. The standard InChI is InChI=1S/C23H23F4N7O3/c1-12-11-36-7-6-34(12)21-30-19(14-10-29-18(28)9-15(14)23(25,26)27)31-22(32-21)37-17-5-4-13(8-16(17)24)20(35)33(2)3/h4-5,8-10,12H,6-7,11H2,1-3H3,(H2,28,29). The number of hydrogen-bond acceptors (Lipinski definition) is 9. The summed E-state index contributed by atoms with van der Waals surface area (Å²) in [4.78, 5) is 31.4. The van der Waals surface area contributed by atoms with Crippen molar-refractivity contribution in [1.82, 2.24) is 24.8 Å². The number of aromatic nitrogens is 4. The van der Waals surface area contributed by atoms with Gasteiger partial charge in [0.05, 0.1) is 30.4 Å². The van der Waals surface area contributed by atoms with Crippen LogP contribution >= 0.6 is 0 Å². The van der Waals surface area contributed by atoms with Gasteiger partial charge in [-0.3, -0.25) is 4.79 Å². The molecule has 1 amide bonds. The van der Waals surface area contributed by atoms with Crippen LogP contribution < -0.4 is 15.4 Å². The lowest BCUT2D eigenvalue weighted by molar-refractivity contribution is -0.137. The number of ether oxygens (including phenoxy) is 2. The predicted octanol–water partition coefficient (Wildman–Crippen LogP) is 3.39. The van der Waals surface area contributed by atoms with Crippen LogP contribution in [-0.4, -0.2) is 70.6 Å². The molecule has 3 aromatic rings. The molecule has 14 heteroatoms.